The van der Waals surface area contributed by atoms with E-state index in [1.807, 2.05) is 11.3 Å². The molecule has 0 spiro atoms. The molecule has 0 saturated heterocycles. The maximum absolute atomic E-state index is 5.18. The van der Waals surface area contributed by atoms with E-state index < -0.39 is 0 Å². The number of thiophene rings is 1. The zero-order valence-corrected chi connectivity index (χ0v) is 29.8. The van der Waals surface area contributed by atoms with Crippen LogP contribution in [-0.4, -0.2) is 18.7 Å². The lowest BCUT2D eigenvalue weighted by atomic mass is 10.1. The van der Waals surface area contributed by atoms with Crippen molar-refractivity contribution in [2.24, 2.45) is 0 Å². The van der Waals surface area contributed by atoms with Gasteiger partial charge >= 0.3 is 0 Å². The van der Waals surface area contributed by atoms with Gasteiger partial charge in [-0.05, 0) is 78.9 Å². The van der Waals surface area contributed by atoms with E-state index in [0.29, 0.717) is 0 Å². The first-order chi connectivity index (χ1) is 26.8. The van der Waals surface area contributed by atoms with Crippen molar-refractivity contribution in [3.8, 4) is 28.5 Å². The maximum Gasteiger partial charge on any atom is 0.145 e. The van der Waals surface area contributed by atoms with Crippen molar-refractivity contribution in [3.05, 3.63) is 182 Å². The van der Waals surface area contributed by atoms with E-state index in [2.05, 4.69) is 196 Å². The summed E-state index contributed by atoms with van der Waals surface area (Å²) in [6.07, 6.45) is 0. The molecule has 0 radical (unpaired) electrons. The van der Waals surface area contributed by atoms with Crippen LogP contribution in [-0.2, 0) is 0 Å². The van der Waals surface area contributed by atoms with Gasteiger partial charge in [0.05, 0.1) is 33.1 Å². The summed E-state index contributed by atoms with van der Waals surface area (Å²) in [5.41, 5.74) is 11.4. The molecule has 252 valence electrons. The highest BCUT2D eigenvalue weighted by Gasteiger charge is 2.20. The fourth-order valence-electron chi connectivity index (χ4n) is 8.73. The van der Waals surface area contributed by atoms with Crippen LogP contribution in [0.15, 0.2) is 182 Å². The van der Waals surface area contributed by atoms with Crippen molar-refractivity contribution in [2.75, 3.05) is 0 Å². The van der Waals surface area contributed by atoms with Crippen LogP contribution in [0.5, 0.6) is 0 Å². The first-order valence-electron chi connectivity index (χ1n) is 18.3. The summed E-state index contributed by atoms with van der Waals surface area (Å²) in [6.45, 7) is 0. The van der Waals surface area contributed by atoms with E-state index in [9.17, 15) is 0 Å². The van der Waals surface area contributed by atoms with Crippen LogP contribution < -0.4 is 0 Å². The monoisotopic (exact) mass is 706 g/mol. The molecule has 0 aliphatic carbocycles. The van der Waals surface area contributed by atoms with Gasteiger partial charge < -0.3 is 9.13 Å². The Bertz CT molecular complexity index is 3400. The Morgan fingerprint density at radius 2 is 0.981 bits per heavy atom. The smallest absolute Gasteiger partial charge is 0.145 e. The Morgan fingerprint density at radius 1 is 0.370 bits per heavy atom. The molecule has 0 unspecified atom stereocenters. The fraction of sp³-hybridized carbons (Fsp3) is 0. The molecule has 12 rings (SSSR count). The molecule has 0 N–H and O–H groups in total. The predicted octanol–water partition coefficient (Wildman–Crippen LogP) is 13.3. The zero-order valence-electron chi connectivity index (χ0n) is 29.0. The molecule has 12 aromatic rings. The SMILES string of the molecule is c1ccc(-n2c(-c3cccc(-n4c5ccccc5c5c6sc7ccc(-n8c9ccccc9c9ccccc98)cc7c6ccc54)c3)nc3ccccc32)cc1. The van der Waals surface area contributed by atoms with Crippen molar-refractivity contribution < 1.29 is 0 Å². The quantitative estimate of drug-likeness (QED) is 0.179. The van der Waals surface area contributed by atoms with Crippen molar-refractivity contribution >= 4 is 86.2 Å². The first-order valence-corrected chi connectivity index (χ1v) is 19.1. The van der Waals surface area contributed by atoms with Crippen LogP contribution in [0, 0.1) is 0 Å². The number of fused-ring (bicyclic) bond motifs is 11. The lowest BCUT2D eigenvalue weighted by molar-refractivity contribution is 1.10. The van der Waals surface area contributed by atoms with Crippen LogP contribution in [0.1, 0.15) is 0 Å². The molecule has 4 aromatic heterocycles. The van der Waals surface area contributed by atoms with Crippen molar-refractivity contribution in [2.45, 2.75) is 0 Å². The highest BCUT2D eigenvalue weighted by molar-refractivity contribution is 7.26. The lowest BCUT2D eigenvalue weighted by Gasteiger charge is -2.12. The number of imidazole rings is 1. The standard InChI is InChI=1S/C49H30N4S/c1-2-14-32(15-3-1)53-44-24-11-7-20-40(44)50-49(53)31-13-12-16-33(29-31)52-43-23-10-6-19-38(43)47-45(52)27-26-37-39-30-34(25-28-46(39)54-48(37)47)51-41-21-8-4-17-35(41)36-18-5-9-22-42(36)51/h1-30H. The van der Waals surface area contributed by atoms with Crippen molar-refractivity contribution in [1.82, 2.24) is 18.7 Å². The van der Waals surface area contributed by atoms with E-state index in [1.54, 1.807) is 0 Å². The zero-order chi connectivity index (χ0) is 35.3. The molecule has 0 amide bonds. The topological polar surface area (TPSA) is 27.7 Å². The molecular weight excluding hydrogens is 677 g/mol. The normalized spacial score (nSPS) is 12.1. The minimum Gasteiger partial charge on any atom is -0.309 e. The van der Waals surface area contributed by atoms with Gasteiger partial charge in [-0.3, -0.25) is 4.57 Å². The molecule has 0 aliphatic heterocycles. The highest BCUT2D eigenvalue weighted by atomic mass is 32.1. The van der Waals surface area contributed by atoms with Crippen LogP contribution in [0.4, 0.5) is 0 Å². The van der Waals surface area contributed by atoms with Crippen LogP contribution in [0.3, 0.4) is 0 Å². The van der Waals surface area contributed by atoms with Gasteiger partial charge in [0.2, 0.25) is 0 Å². The van der Waals surface area contributed by atoms with Crippen LogP contribution in [0.25, 0.3) is 103 Å². The number of benzene rings is 8. The predicted molar refractivity (Wildman–Crippen MR) is 228 cm³/mol. The Morgan fingerprint density at radius 3 is 1.76 bits per heavy atom. The Labute approximate surface area is 314 Å². The van der Waals surface area contributed by atoms with Gasteiger partial charge in [-0.25, -0.2) is 4.98 Å². The van der Waals surface area contributed by atoms with E-state index >= 15 is 0 Å². The molecule has 0 aliphatic rings. The van der Waals surface area contributed by atoms with E-state index in [-0.39, 0.29) is 0 Å². The van der Waals surface area contributed by atoms with Gasteiger partial charge in [0.1, 0.15) is 5.82 Å². The summed E-state index contributed by atoms with van der Waals surface area (Å²) in [6, 6.07) is 65.7. The van der Waals surface area contributed by atoms with Gasteiger partial charge in [0, 0.05) is 64.3 Å². The first kappa shape index (κ1) is 29.6. The Hall–Kier alpha value is -6.95. The molecular formula is C49H30N4S. The third-order valence-electron chi connectivity index (χ3n) is 11.0. The van der Waals surface area contributed by atoms with E-state index in [0.717, 1.165) is 33.8 Å². The van der Waals surface area contributed by atoms with Crippen molar-refractivity contribution in [3.63, 3.8) is 0 Å². The summed E-state index contributed by atoms with van der Waals surface area (Å²) >= 11 is 1.89. The number of hydrogen-bond donors (Lipinski definition) is 0. The average molecular weight is 707 g/mol. The molecule has 8 aromatic carbocycles. The Balaban J connectivity index is 1.07. The number of hydrogen-bond acceptors (Lipinski definition) is 2. The van der Waals surface area contributed by atoms with Gasteiger partial charge in [-0.1, -0.05) is 103 Å². The number of aromatic nitrogens is 4. The molecule has 0 bridgehead atoms. The van der Waals surface area contributed by atoms with E-state index in [1.165, 1.54) is 69.5 Å². The summed E-state index contributed by atoms with van der Waals surface area (Å²) < 4.78 is 9.72. The minimum absolute atomic E-state index is 0.927. The molecule has 5 heteroatoms. The summed E-state index contributed by atoms with van der Waals surface area (Å²) in [7, 11) is 0. The maximum atomic E-state index is 5.18. The number of rotatable bonds is 4. The number of para-hydroxylation sites is 6. The molecule has 0 saturated carbocycles. The van der Waals surface area contributed by atoms with Crippen molar-refractivity contribution in [1.29, 1.82) is 0 Å². The largest absolute Gasteiger partial charge is 0.309 e. The second-order valence-electron chi connectivity index (χ2n) is 14.0. The van der Waals surface area contributed by atoms with Gasteiger partial charge in [0.25, 0.3) is 0 Å². The molecule has 54 heavy (non-hydrogen) atoms. The van der Waals surface area contributed by atoms with Gasteiger partial charge in [-0.15, -0.1) is 11.3 Å². The third kappa shape index (κ3) is 4.15. The highest BCUT2D eigenvalue weighted by Crippen LogP contribution is 2.44. The summed E-state index contributed by atoms with van der Waals surface area (Å²) in [5.74, 6) is 0.927. The van der Waals surface area contributed by atoms with Gasteiger partial charge in [-0.2, -0.15) is 0 Å². The van der Waals surface area contributed by atoms with Crippen LogP contribution >= 0.6 is 11.3 Å². The van der Waals surface area contributed by atoms with E-state index in [4.69, 9.17) is 4.98 Å². The lowest BCUT2D eigenvalue weighted by Crippen LogP contribution is -1.99. The second kappa shape index (κ2) is 11.3. The second-order valence-corrected chi connectivity index (χ2v) is 15.0. The third-order valence-corrected chi connectivity index (χ3v) is 12.2. The van der Waals surface area contributed by atoms with Crippen LogP contribution in [0.2, 0.25) is 0 Å². The molecule has 4 nitrogen and oxygen atoms in total. The molecule has 0 fully saturated rings. The average Bonchev–Trinajstić information content (AvgIpc) is 3.99. The summed E-state index contributed by atoms with van der Waals surface area (Å²) in [5, 5.41) is 7.69. The summed E-state index contributed by atoms with van der Waals surface area (Å²) in [4.78, 5) is 5.18. The fourth-order valence-corrected chi connectivity index (χ4v) is 9.97. The minimum atomic E-state index is 0.927. The number of nitrogens with zero attached hydrogens (tertiary/aromatic N) is 4. The van der Waals surface area contributed by atoms with Gasteiger partial charge in [0.15, 0.2) is 0 Å². The molecule has 4 heterocycles. The Kier molecular flexibility index (Phi) is 6.18. The molecule has 0 atom stereocenters.